The molecule has 2 fully saturated rings. The van der Waals surface area contributed by atoms with E-state index in [1.807, 2.05) is 0 Å². The molecule has 0 aromatic heterocycles. The van der Waals surface area contributed by atoms with Gasteiger partial charge < -0.3 is 10.2 Å². The standard InChI is InChI=1S/C13H24N2O/c1-11-5-3-2-4-10-15(11)13(16)12-6-8-14-9-7-12/h11-12,14H,2-10H2,1H3. The van der Waals surface area contributed by atoms with E-state index in [4.69, 9.17) is 0 Å². The molecular weight excluding hydrogens is 200 g/mol. The monoisotopic (exact) mass is 224 g/mol. The summed E-state index contributed by atoms with van der Waals surface area (Å²) in [4.78, 5) is 14.6. The predicted molar refractivity (Wildman–Crippen MR) is 65.2 cm³/mol. The summed E-state index contributed by atoms with van der Waals surface area (Å²) in [5.74, 6) is 0.720. The SMILES string of the molecule is CC1CCCCCN1C(=O)C1CCNCC1. The molecule has 1 unspecified atom stereocenters. The maximum Gasteiger partial charge on any atom is 0.226 e. The van der Waals surface area contributed by atoms with E-state index >= 15 is 0 Å². The third kappa shape index (κ3) is 2.76. The molecule has 0 aromatic carbocycles. The van der Waals surface area contributed by atoms with Crippen molar-refractivity contribution in [1.29, 1.82) is 0 Å². The van der Waals surface area contributed by atoms with Gasteiger partial charge in [0.2, 0.25) is 5.91 Å². The minimum Gasteiger partial charge on any atom is -0.340 e. The number of carbonyl (C=O) groups is 1. The lowest BCUT2D eigenvalue weighted by molar-refractivity contribution is -0.138. The number of hydrogen-bond acceptors (Lipinski definition) is 2. The van der Waals surface area contributed by atoms with Crippen LogP contribution in [0.3, 0.4) is 0 Å². The number of amides is 1. The van der Waals surface area contributed by atoms with Crippen molar-refractivity contribution >= 4 is 5.91 Å². The third-order valence-electron chi connectivity index (χ3n) is 4.02. The minimum atomic E-state index is 0.293. The van der Waals surface area contributed by atoms with Gasteiger partial charge in [0.25, 0.3) is 0 Å². The molecule has 92 valence electrons. The maximum atomic E-state index is 12.4. The van der Waals surface area contributed by atoms with E-state index in [1.165, 1.54) is 25.7 Å². The van der Waals surface area contributed by atoms with Crippen molar-refractivity contribution in [3.05, 3.63) is 0 Å². The topological polar surface area (TPSA) is 32.3 Å². The molecule has 0 saturated carbocycles. The summed E-state index contributed by atoms with van der Waals surface area (Å²) in [6.45, 7) is 5.23. The number of nitrogens with one attached hydrogen (secondary N) is 1. The Morgan fingerprint density at radius 2 is 1.88 bits per heavy atom. The molecular formula is C13H24N2O. The number of carbonyl (C=O) groups excluding carboxylic acids is 1. The maximum absolute atomic E-state index is 12.4. The summed E-state index contributed by atoms with van der Waals surface area (Å²) in [5.41, 5.74) is 0. The highest BCUT2D eigenvalue weighted by molar-refractivity contribution is 5.79. The Morgan fingerprint density at radius 3 is 2.62 bits per heavy atom. The summed E-state index contributed by atoms with van der Waals surface area (Å²) in [7, 11) is 0. The highest BCUT2D eigenvalue weighted by Gasteiger charge is 2.29. The number of likely N-dealkylation sites (tertiary alicyclic amines) is 1. The Bertz CT molecular complexity index is 236. The van der Waals surface area contributed by atoms with Crippen LogP contribution in [0.5, 0.6) is 0 Å². The van der Waals surface area contributed by atoms with Crippen LogP contribution in [0, 0.1) is 5.92 Å². The predicted octanol–water partition coefficient (Wildman–Crippen LogP) is 1.78. The molecule has 0 radical (unpaired) electrons. The fourth-order valence-corrected chi connectivity index (χ4v) is 2.91. The van der Waals surface area contributed by atoms with Crippen LogP contribution in [0.2, 0.25) is 0 Å². The van der Waals surface area contributed by atoms with Gasteiger partial charge in [-0.1, -0.05) is 12.8 Å². The van der Waals surface area contributed by atoms with E-state index in [0.717, 1.165) is 32.5 Å². The fourth-order valence-electron chi connectivity index (χ4n) is 2.91. The van der Waals surface area contributed by atoms with Crippen molar-refractivity contribution in [1.82, 2.24) is 10.2 Å². The zero-order valence-corrected chi connectivity index (χ0v) is 10.4. The largest absolute Gasteiger partial charge is 0.340 e. The van der Waals surface area contributed by atoms with Crippen molar-refractivity contribution in [3.8, 4) is 0 Å². The highest BCUT2D eigenvalue weighted by atomic mass is 16.2. The van der Waals surface area contributed by atoms with Gasteiger partial charge >= 0.3 is 0 Å². The van der Waals surface area contributed by atoms with Crippen LogP contribution in [0.4, 0.5) is 0 Å². The van der Waals surface area contributed by atoms with Gasteiger partial charge in [-0.15, -0.1) is 0 Å². The van der Waals surface area contributed by atoms with Crippen LogP contribution in [0.15, 0.2) is 0 Å². The van der Waals surface area contributed by atoms with Gasteiger partial charge in [-0.3, -0.25) is 4.79 Å². The van der Waals surface area contributed by atoms with Gasteiger partial charge in [0.1, 0.15) is 0 Å². The van der Waals surface area contributed by atoms with Crippen molar-refractivity contribution in [2.75, 3.05) is 19.6 Å². The lowest BCUT2D eigenvalue weighted by atomic mass is 9.96. The highest BCUT2D eigenvalue weighted by Crippen LogP contribution is 2.22. The van der Waals surface area contributed by atoms with Crippen LogP contribution in [-0.4, -0.2) is 36.5 Å². The van der Waals surface area contributed by atoms with Crippen LogP contribution in [-0.2, 0) is 4.79 Å². The Morgan fingerprint density at radius 1 is 1.12 bits per heavy atom. The van der Waals surface area contributed by atoms with E-state index in [1.54, 1.807) is 0 Å². The van der Waals surface area contributed by atoms with E-state index in [2.05, 4.69) is 17.1 Å². The molecule has 2 heterocycles. The number of nitrogens with zero attached hydrogens (tertiary/aromatic N) is 1. The van der Waals surface area contributed by atoms with Crippen molar-refractivity contribution in [3.63, 3.8) is 0 Å². The summed E-state index contributed by atoms with van der Waals surface area (Å²) < 4.78 is 0. The quantitative estimate of drug-likeness (QED) is 0.736. The molecule has 16 heavy (non-hydrogen) atoms. The van der Waals surface area contributed by atoms with E-state index in [9.17, 15) is 4.79 Å². The van der Waals surface area contributed by atoms with Crippen molar-refractivity contribution < 1.29 is 4.79 Å². The molecule has 0 aromatic rings. The van der Waals surface area contributed by atoms with Crippen LogP contribution < -0.4 is 5.32 Å². The molecule has 2 saturated heterocycles. The van der Waals surface area contributed by atoms with Gasteiger partial charge in [-0.05, 0) is 45.7 Å². The average Bonchev–Trinajstić information content (AvgIpc) is 2.54. The second-order valence-corrected chi connectivity index (χ2v) is 5.25. The van der Waals surface area contributed by atoms with E-state index in [0.29, 0.717) is 17.9 Å². The fraction of sp³-hybridized carbons (Fsp3) is 0.923. The molecule has 2 aliphatic heterocycles. The molecule has 3 heteroatoms. The summed E-state index contributed by atoms with van der Waals surface area (Å²) in [6.07, 6.45) is 7.03. The Kier molecular flexibility index (Phi) is 4.22. The van der Waals surface area contributed by atoms with Gasteiger partial charge in [0.05, 0.1) is 0 Å². The van der Waals surface area contributed by atoms with Crippen molar-refractivity contribution in [2.45, 2.75) is 51.5 Å². The lowest BCUT2D eigenvalue weighted by Gasteiger charge is -2.32. The first-order chi connectivity index (χ1) is 7.79. The smallest absolute Gasteiger partial charge is 0.226 e. The molecule has 0 aliphatic carbocycles. The zero-order valence-electron chi connectivity index (χ0n) is 10.4. The van der Waals surface area contributed by atoms with E-state index in [-0.39, 0.29) is 0 Å². The van der Waals surface area contributed by atoms with Crippen LogP contribution in [0.25, 0.3) is 0 Å². The zero-order chi connectivity index (χ0) is 11.4. The molecule has 1 N–H and O–H groups in total. The molecule has 0 bridgehead atoms. The van der Waals surface area contributed by atoms with Crippen LogP contribution in [0.1, 0.15) is 45.4 Å². The summed E-state index contributed by atoms with van der Waals surface area (Å²) in [5, 5.41) is 3.33. The van der Waals surface area contributed by atoms with Crippen molar-refractivity contribution in [2.24, 2.45) is 5.92 Å². The first-order valence-corrected chi connectivity index (χ1v) is 6.80. The molecule has 0 spiro atoms. The lowest BCUT2D eigenvalue weighted by Crippen LogP contribution is -2.44. The minimum absolute atomic E-state index is 0.293. The Balaban J connectivity index is 1.95. The molecule has 2 aliphatic rings. The average molecular weight is 224 g/mol. The van der Waals surface area contributed by atoms with Gasteiger partial charge in [-0.25, -0.2) is 0 Å². The normalized spacial score (nSPS) is 28.8. The Hall–Kier alpha value is -0.570. The van der Waals surface area contributed by atoms with Gasteiger partial charge in [0, 0.05) is 18.5 Å². The molecule has 1 atom stereocenters. The van der Waals surface area contributed by atoms with Gasteiger partial charge in [0.15, 0.2) is 0 Å². The first-order valence-electron chi connectivity index (χ1n) is 6.80. The molecule has 2 rings (SSSR count). The first kappa shape index (κ1) is 11.9. The number of piperidine rings is 1. The molecule has 1 amide bonds. The van der Waals surface area contributed by atoms with E-state index < -0.39 is 0 Å². The number of rotatable bonds is 1. The molecule has 3 nitrogen and oxygen atoms in total. The van der Waals surface area contributed by atoms with Gasteiger partial charge in [-0.2, -0.15) is 0 Å². The third-order valence-corrected chi connectivity index (χ3v) is 4.02. The Labute approximate surface area is 98.6 Å². The van der Waals surface area contributed by atoms with Crippen LogP contribution >= 0.6 is 0 Å². The summed E-state index contributed by atoms with van der Waals surface area (Å²) >= 11 is 0. The second-order valence-electron chi connectivity index (χ2n) is 5.25. The second kappa shape index (κ2) is 5.67. The number of hydrogen-bond donors (Lipinski definition) is 1. The summed E-state index contributed by atoms with van der Waals surface area (Å²) in [6, 6.07) is 0.463.